The van der Waals surface area contributed by atoms with Gasteiger partial charge in [0.05, 0.1) is 10.7 Å². The maximum Gasteiger partial charge on any atom is 0.216 e. The van der Waals surface area contributed by atoms with Crippen LogP contribution < -0.4 is 0 Å². The van der Waals surface area contributed by atoms with E-state index in [-0.39, 0.29) is 5.88 Å². The maximum absolute atomic E-state index is 9.95. The fraction of sp³-hybridized carbons (Fsp3) is 0. The highest BCUT2D eigenvalue weighted by Gasteiger charge is 2.12. The average Bonchev–Trinajstić information content (AvgIpc) is 2.82. The smallest absolute Gasteiger partial charge is 0.216 e. The van der Waals surface area contributed by atoms with Gasteiger partial charge >= 0.3 is 0 Å². The van der Waals surface area contributed by atoms with Crippen molar-refractivity contribution in [2.75, 3.05) is 0 Å². The van der Waals surface area contributed by atoms with Crippen molar-refractivity contribution >= 4 is 11.6 Å². The molecule has 1 N–H and O–H groups in total. The highest BCUT2D eigenvalue weighted by molar-refractivity contribution is 6.33. The van der Waals surface area contributed by atoms with E-state index in [1.54, 1.807) is 30.5 Å². The van der Waals surface area contributed by atoms with Crippen LogP contribution in [0.1, 0.15) is 0 Å². The second-order valence-corrected chi connectivity index (χ2v) is 4.37. The van der Waals surface area contributed by atoms with Crippen LogP contribution >= 0.6 is 11.6 Å². The van der Waals surface area contributed by atoms with Gasteiger partial charge in [-0.15, -0.1) is 0 Å². The van der Waals surface area contributed by atoms with Gasteiger partial charge in [-0.1, -0.05) is 35.9 Å². The number of nitrogens with zero attached hydrogens (tertiary/aromatic N) is 3. The molecule has 5 heteroatoms. The summed E-state index contributed by atoms with van der Waals surface area (Å²) in [6.45, 7) is 0. The Balaban J connectivity index is 2.10. The summed E-state index contributed by atoms with van der Waals surface area (Å²) in [4.78, 5) is 4.15. The van der Waals surface area contributed by atoms with Crippen LogP contribution in [-0.2, 0) is 0 Å². The Hall–Kier alpha value is -2.33. The van der Waals surface area contributed by atoms with Gasteiger partial charge in [0, 0.05) is 17.8 Å². The number of aromatic hydroxyl groups is 1. The zero-order valence-electron chi connectivity index (χ0n) is 9.86. The SMILES string of the molecule is Oc1cc(-c2ccccc2Cl)nn1-c1ccccn1. The Morgan fingerprint density at radius 3 is 2.58 bits per heavy atom. The number of hydrogen-bond donors (Lipinski definition) is 1. The molecule has 2 aromatic heterocycles. The molecule has 0 aliphatic rings. The Morgan fingerprint density at radius 2 is 1.84 bits per heavy atom. The molecule has 3 rings (SSSR count). The van der Waals surface area contributed by atoms with E-state index in [4.69, 9.17) is 11.6 Å². The number of benzene rings is 1. The van der Waals surface area contributed by atoms with Crippen LogP contribution in [0.25, 0.3) is 17.1 Å². The van der Waals surface area contributed by atoms with Gasteiger partial charge in [-0.05, 0) is 18.2 Å². The fourth-order valence-electron chi connectivity index (χ4n) is 1.82. The molecule has 19 heavy (non-hydrogen) atoms. The minimum atomic E-state index is 0.0219. The molecule has 0 bridgehead atoms. The first-order chi connectivity index (χ1) is 9.25. The van der Waals surface area contributed by atoms with Crippen LogP contribution in [0.2, 0.25) is 5.02 Å². The molecule has 0 amide bonds. The van der Waals surface area contributed by atoms with Gasteiger partial charge in [0.2, 0.25) is 5.88 Å². The van der Waals surface area contributed by atoms with E-state index in [0.717, 1.165) is 5.56 Å². The van der Waals surface area contributed by atoms with Crippen molar-refractivity contribution in [3.05, 3.63) is 59.8 Å². The van der Waals surface area contributed by atoms with Crippen LogP contribution in [0.5, 0.6) is 5.88 Å². The second kappa shape index (κ2) is 4.74. The molecular formula is C14H10ClN3O. The third kappa shape index (κ3) is 2.18. The van der Waals surface area contributed by atoms with Gasteiger partial charge in [-0.3, -0.25) is 0 Å². The van der Waals surface area contributed by atoms with Gasteiger partial charge < -0.3 is 5.11 Å². The predicted octanol–water partition coefficient (Wildman–Crippen LogP) is 3.29. The minimum Gasteiger partial charge on any atom is -0.493 e. The number of hydrogen-bond acceptors (Lipinski definition) is 3. The first kappa shape index (κ1) is 11.7. The third-order valence-electron chi connectivity index (χ3n) is 2.71. The van der Waals surface area contributed by atoms with Crippen molar-refractivity contribution in [1.29, 1.82) is 0 Å². The molecule has 1 aromatic carbocycles. The minimum absolute atomic E-state index is 0.0219. The quantitative estimate of drug-likeness (QED) is 0.778. The summed E-state index contributed by atoms with van der Waals surface area (Å²) >= 11 is 6.12. The molecule has 2 heterocycles. The molecular weight excluding hydrogens is 262 g/mol. The zero-order chi connectivity index (χ0) is 13.2. The van der Waals surface area contributed by atoms with Crippen LogP contribution in [0, 0.1) is 0 Å². The molecule has 0 fully saturated rings. The van der Waals surface area contributed by atoms with Crippen LogP contribution in [0.4, 0.5) is 0 Å². The van der Waals surface area contributed by atoms with Crippen molar-refractivity contribution < 1.29 is 5.11 Å². The first-order valence-corrected chi connectivity index (χ1v) is 6.09. The number of rotatable bonds is 2. The number of aromatic nitrogens is 3. The summed E-state index contributed by atoms with van der Waals surface area (Å²) in [7, 11) is 0. The van der Waals surface area contributed by atoms with E-state index >= 15 is 0 Å². The standard InChI is InChI=1S/C14H10ClN3O/c15-11-6-2-1-5-10(11)12-9-14(19)18(17-12)13-7-3-4-8-16-13/h1-9,19H. The summed E-state index contributed by atoms with van der Waals surface area (Å²) in [6, 6.07) is 14.3. The summed E-state index contributed by atoms with van der Waals surface area (Å²) in [6.07, 6.45) is 1.64. The summed E-state index contributed by atoms with van der Waals surface area (Å²) in [5, 5.41) is 14.9. The zero-order valence-corrected chi connectivity index (χ0v) is 10.6. The normalized spacial score (nSPS) is 10.6. The van der Waals surface area contributed by atoms with Gasteiger partial charge in [-0.2, -0.15) is 9.78 Å². The lowest BCUT2D eigenvalue weighted by atomic mass is 10.1. The van der Waals surface area contributed by atoms with Crippen molar-refractivity contribution in [3.63, 3.8) is 0 Å². The monoisotopic (exact) mass is 271 g/mol. The topological polar surface area (TPSA) is 50.9 Å². The number of pyridine rings is 1. The summed E-state index contributed by atoms with van der Waals surface area (Å²) in [5.74, 6) is 0.576. The third-order valence-corrected chi connectivity index (χ3v) is 3.04. The van der Waals surface area contributed by atoms with Crippen molar-refractivity contribution in [1.82, 2.24) is 14.8 Å². The van der Waals surface area contributed by atoms with Crippen molar-refractivity contribution in [2.45, 2.75) is 0 Å². The van der Waals surface area contributed by atoms with Crippen molar-refractivity contribution in [3.8, 4) is 23.0 Å². The average molecular weight is 272 g/mol. The van der Waals surface area contributed by atoms with Crippen LogP contribution in [-0.4, -0.2) is 19.9 Å². The largest absolute Gasteiger partial charge is 0.493 e. The van der Waals surface area contributed by atoms with E-state index < -0.39 is 0 Å². The predicted molar refractivity (Wildman–Crippen MR) is 73.5 cm³/mol. The summed E-state index contributed by atoms with van der Waals surface area (Å²) in [5.41, 5.74) is 1.38. The van der Waals surface area contributed by atoms with E-state index in [9.17, 15) is 5.11 Å². The fourth-order valence-corrected chi connectivity index (χ4v) is 2.05. The molecule has 94 valence electrons. The molecule has 0 spiro atoms. The number of halogens is 1. The van der Waals surface area contributed by atoms with Gasteiger partial charge in [0.1, 0.15) is 0 Å². The molecule has 0 aliphatic heterocycles. The molecule has 4 nitrogen and oxygen atoms in total. The van der Waals surface area contributed by atoms with Crippen molar-refractivity contribution in [2.24, 2.45) is 0 Å². The molecule has 0 aliphatic carbocycles. The van der Waals surface area contributed by atoms with Crippen LogP contribution in [0.3, 0.4) is 0 Å². The Bertz CT molecular complexity index is 710. The maximum atomic E-state index is 9.95. The molecule has 0 radical (unpaired) electrons. The molecule has 0 saturated heterocycles. The highest BCUT2D eigenvalue weighted by atomic mass is 35.5. The molecule has 3 aromatic rings. The second-order valence-electron chi connectivity index (χ2n) is 3.97. The van der Waals surface area contributed by atoms with Gasteiger partial charge in [0.15, 0.2) is 5.82 Å². The van der Waals surface area contributed by atoms with E-state index in [0.29, 0.717) is 16.5 Å². The van der Waals surface area contributed by atoms with E-state index in [1.807, 2.05) is 24.3 Å². The van der Waals surface area contributed by atoms with Crippen LogP contribution in [0.15, 0.2) is 54.7 Å². The molecule has 0 unspecified atom stereocenters. The van der Waals surface area contributed by atoms with Gasteiger partial charge in [0.25, 0.3) is 0 Å². The Labute approximate surface area is 114 Å². The molecule has 0 saturated carbocycles. The lowest BCUT2D eigenvalue weighted by molar-refractivity contribution is 0.432. The highest BCUT2D eigenvalue weighted by Crippen LogP contribution is 2.29. The first-order valence-electron chi connectivity index (χ1n) is 5.71. The van der Waals surface area contributed by atoms with E-state index in [1.165, 1.54) is 4.68 Å². The van der Waals surface area contributed by atoms with E-state index in [2.05, 4.69) is 10.1 Å². The Kier molecular flexibility index (Phi) is 2.93. The lowest BCUT2D eigenvalue weighted by Gasteiger charge is -2.01. The Morgan fingerprint density at radius 1 is 1.05 bits per heavy atom. The summed E-state index contributed by atoms with van der Waals surface area (Å²) < 4.78 is 1.37. The lowest BCUT2D eigenvalue weighted by Crippen LogP contribution is -1.98. The van der Waals surface area contributed by atoms with Gasteiger partial charge in [-0.25, -0.2) is 4.98 Å². The molecule has 0 atom stereocenters.